The summed E-state index contributed by atoms with van der Waals surface area (Å²) in [6.45, 7) is 19.9. The van der Waals surface area contributed by atoms with Crippen LogP contribution in [0, 0.1) is 25.2 Å². The summed E-state index contributed by atoms with van der Waals surface area (Å²) in [5.74, 6) is -0.318. The van der Waals surface area contributed by atoms with Crippen LogP contribution in [0.2, 0.25) is 0 Å². The summed E-state index contributed by atoms with van der Waals surface area (Å²) in [4.78, 5) is 0. The molecule has 0 aliphatic rings. The van der Waals surface area contributed by atoms with Gasteiger partial charge in [-0.2, -0.15) is 0 Å². The van der Waals surface area contributed by atoms with E-state index in [-0.39, 0.29) is 0 Å². The lowest BCUT2D eigenvalue weighted by atomic mass is 9.87. The molecule has 2 aromatic rings. The van der Waals surface area contributed by atoms with Crippen molar-refractivity contribution in [1.82, 2.24) is 0 Å². The van der Waals surface area contributed by atoms with Gasteiger partial charge in [0.25, 0.3) is 0 Å². The molecule has 0 fully saturated rings. The van der Waals surface area contributed by atoms with Gasteiger partial charge >= 0.3 is 0 Å². The van der Waals surface area contributed by atoms with E-state index in [0.717, 1.165) is 24.3 Å². The number of hydrogen-bond donors (Lipinski definition) is 3. The van der Waals surface area contributed by atoms with E-state index in [1.54, 1.807) is 32.9 Å². The molecule has 0 aliphatic carbocycles. The van der Waals surface area contributed by atoms with E-state index in [1.165, 1.54) is 42.0 Å². The van der Waals surface area contributed by atoms with Gasteiger partial charge in [-0.25, -0.2) is 0 Å². The Bertz CT molecular complexity index is 834. The maximum Gasteiger partial charge on any atom is 0.164 e. The van der Waals surface area contributed by atoms with Crippen molar-refractivity contribution in [3.8, 4) is 5.75 Å². The van der Waals surface area contributed by atoms with Crippen LogP contribution in [0.5, 0.6) is 5.75 Å². The summed E-state index contributed by atoms with van der Waals surface area (Å²) < 4.78 is 0. The lowest BCUT2D eigenvalue weighted by molar-refractivity contribution is -0.212. The lowest BCUT2D eigenvalue weighted by Gasteiger charge is -2.31. The molecular formula is C31H50O3. The molecule has 0 aliphatic heterocycles. The van der Waals surface area contributed by atoms with Crippen molar-refractivity contribution in [3.63, 3.8) is 0 Å². The molecule has 3 N–H and O–H groups in total. The van der Waals surface area contributed by atoms with Crippen LogP contribution >= 0.6 is 0 Å². The number of unbranched alkanes of at least 4 members (excludes halogenated alkanes) is 1. The third-order valence-electron chi connectivity index (χ3n) is 6.30. The predicted molar refractivity (Wildman–Crippen MR) is 148 cm³/mol. The van der Waals surface area contributed by atoms with Crippen molar-refractivity contribution >= 4 is 5.57 Å². The number of aryl methyl sites for hydroxylation is 2. The normalized spacial score (nSPS) is 12.0. The fraction of sp³-hybridized carbons (Fsp3) is 0.548. The quantitative estimate of drug-likeness (QED) is 0.371. The van der Waals surface area contributed by atoms with Crippen molar-refractivity contribution in [3.05, 3.63) is 70.8 Å². The van der Waals surface area contributed by atoms with E-state index in [1.807, 2.05) is 12.1 Å². The van der Waals surface area contributed by atoms with Gasteiger partial charge in [0, 0.05) is 5.41 Å². The van der Waals surface area contributed by atoms with E-state index in [4.69, 9.17) is 10.2 Å². The molecular weight excluding hydrogens is 420 g/mol. The summed E-state index contributed by atoms with van der Waals surface area (Å²) in [7, 11) is 0. The molecule has 3 heteroatoms. The molecule has 3 nitrogen and oxygen atoms in total. The van der Waals surface area contributed by atoms with Crippen molar-refractivity contribution in [2.45, 2.75) is 101 Å². The number of allylic oxidation sites excluding steroid dienone is 1. The zero-order valence-electron chi connectivity index (χ0n) is 23.4. The van der Waals surface area contributed by atoms with Crippen LogP contribution in [0.15, 0.2) is 48.5 Å². The summed E-state index contributed by atoms with van der Waals surface area (Å²) in [6.07, 6.45) is 7.15. The maximum atomic E-state index is 9.46. The van der Waals surface area contributed by atoms with Gasteiger partial charge in [0.2, 0.25) is 0 Å². The minimum Gasteiger partial charge on any atom is -0.508 e. The van der Waals surface area contributed by atoms with E-state index in [0.29, 0.717) is 5.75 Å². The average molecular weight is 471 g/mol. The maximum absolute atomic E-state index is 9.46. The van der Waals surface area contributed by atoms with Gasteiger partial charge in [-0.15, -0.1) is 0 Å². The van der Waals surface area contributed by atoms with E-state index < -0.39 is 11.2 Å². The summed E-state index contributed by atoms with van der Waals surface area (Å²) in [6, 6.07) is 14.0. The SMILES string of the molecule is CC(C)(C)C(C)(O)O.CCC(C)CC.CCC/C=C(/c1ccc(O)cc1)c1ccc(C)cc1C. The summed E-state index contributed by atoms with van der Waals surface area (Å²) in [5, 5.41) is 27.3. The average Bonchev–Trinajstić information content (AvgIpc) is 2.75. The third-order valence-corrected chi connectivity index (χ3v) is 6.30. The second-order valence-corrected chi connectivity index (χ2v) is 10.5. The number of rotatable bonds is 6. The first-order valence-corrected chi connectivity index (χ1v) is 12.7. The number of aromatic hydroxyl groups is 1. The monoisotopic (exact) mass is 470 g/mol. The Hall–Kier alpha value is -2.10. The number of phenols is 1. The molecule has 0 amide bonds. The fourth-order valence-corrected chi connectivity index (χ4v) is 2.72. The second kappa shape index (κ2) is 15.0. The molecule has 0 bridgehead atoms. The molecule has 0 spiro atoms. The summed E-state index contributed by atoms with van der Waals surface area (Å²) in [5.41, 5.74) is 5.81. The van der Waals surface area contributed by atoms with Crippen LogP contribution in [-0.4, -0.2) is 21.1 Å². The van der Waals surface area contributed by atoms with Gasteiger partial charge in [0.15, 0.2) is 5.79 Å². The Morgan fingerprint density at radius 1 is 0.882 bits per heavy atom. The Balaban J connectivity index is 0.000000643. The van der Waals surface area contributed by atoms with E-state index >= 15 is 0 Å². The van der Waals surface area contributed by atoms with Gasteiger partial charge in [0.1, 0.15) is 5.75 Å². The molecule has 0 atom stereocenters. The van der Waals surface area contributed by atoms with Gasteiger partial charge in [0.05, 0.1) is 0 Å². The first kappa shape index (κ1) is 31.9. The van der Waals surface area contributed by atoms with Gasteiger partial charge in [-0.3, -0.25) is 0 Å². The number of benzene rings is 2. The van der Waals surface area contributed by atoms with Crippen LogP contribution < -0.4 is 0 Å². The molecule has 34 heavy (non-hydrogen) atoms. The Labute approximate surface area is 209 Å². The Morgan fingerprint density at radius 3 is 1.74 bits per heavy atom. The van der Waals surface area contributed by atoms with Crippen LogP contribution in [-0.2, 0) is 0 Å². The highest BCUT2D eigenvalue weighted by atomic mass is 16.5. The molecule has 0 aromatic heterocycles. The molecule has 192 valence electrons. The third kappa shape index (κ3) is 11.9. The standard InChI is InChI=1S/C19H22O.C6H14O2.C6H14/c1-4-5-6-19(16-8-10-17(20)11-9-16)18-12-7-14(2)13-15(18)3;1-5(2,3)6(4,7)8;1-4-6(3)5-2/h6-13,20H,4-5H2,1-3H3;7-8H,1-4H3;6H,4-5H2,1-3H3/b19-6-;;. The summed E-state index contributed by atoms with van der Waals surface area (Å²) >= 11 is 0. The predicted octanol–water partition coefficient (Wildman–Crippen LogP) is 8.42. The highest BCUT2D eigenvalue weighted by Gasteiger charge is 2.32. The van der Waals surface area contributed by atoms with Gasteiger partial charge in [-0.1, -0.05) is 110 Å². The molecule has 2 aromatic carbocycles. The molecule has 0 unspecified atom stereocenters. The number of hydrogen-bond acceptors (Lipinski definition) is 3. The van der Waals surface area contributed by atoms with Crippen molar-refractivity contribution in [2.24, 2.45) is 11.3 Å². The van der Waals surface area contributed by atoms with Crippen LogP contribution in [0.3, 0.4) is 0 Å². The van der Waals surface area contributed by atoms with Gasteiger partial charge in [-0.05, 0) is 67.5 Å². The van der Waals surface area contributed by atoms with Crippen molar-refractivity contribution in [1.29, 1.82) is 0 Å². The van der Waals surface area contributed by atoms with Crippen LogP contribution in [0.25, 0.3) is 5.57 Å². The van der Waals surface area contributed by atoms with Gasteiger partial charge < -0.3 is 15.3 Å². The zero-order valence-corrected chi connectivity index (χ0v) is 23.4. The molecule has 0 heterocycles. The van der Waals surface area contributed by atoms with E-state index in [2.05, 4.69) is 65.8 Å². The topological polar surface area (TPSA) is 60.7 Å². The van der Waals surface area contributed by atoms with Crippen molar-refractivity contribution in [2.75, 3.05) is 0 Å². The van der Waals surface area contributed by atoms with Crippen LogP contribution in [0.4, 0.5) is 0 Å². The molecule has 0 radical (unpaired) electrons. The number of aliphatic hydroxyl groups is 2. The lowest BCUT2D eigenvalue weighted by Crippen LogP contribution is -2.39. The van der Waals surface area contributed by atoms with Crippen molar-refractivity contribution < 1.29 is 15.3 Å². The van der Waals surface area contributed by atoms with Crippen LogP contribution in [0.1, 0.15) is 103 Å². The first-order chi connectivity index (χ1) is 15.7. The second-order valence-electron chi connectivity index (χ2n) is 10.5. The van der Waals surface area contributed by atoms with E-state index in [9.17, 15) is 5.11 Å². The zero-order chi connectivity index (χ0) is 26.5. The highest BCUT2D eigenvalue weighted by Crippen LogP contribution is 2.29. The smallest absolute Gasteiger partial charge is 0.164 e. The fourth-order valence-electron chi connectivity index (χ4n) is 2.72. The first-order valence-electron chi connectivity index (χ1n) is 12.7. The molecule has 2 rings (SSSR count). The minimum atomic E-state index is -1.56. The number of phenolic OH excluding ortho intramolecular Hbond substituents is 1. The molecule has 0 saturated heterocycles. The molecule has 0 saturated carbocycles. The Kier molecular flexibility index (Phi) is 14.1. The Morgan fingerprint density at radius 2 is 1.38 bits per heavy atom. The largest absolute Gasteiger partial charge is 0.508 e. The highest BCUT2D eigenvalue weighted by molar-refractivity contribution is 5.81. The minimum absolute atomic E-state index is 0.309.